The van der Waals surface area contributed by atoms with E-state index in [-0.39, 0.29) is 5.82 Å². The van der Waals surface area contributed by atoms with Crippen molar-refractivity contribution in [2.45, 2.75) is 12.6 Å². The Balaban J connectivity index is 1.95. The summed E-state index contributed by atoms with van der Waals surface area (Å²) in [5.74, 6) is 0.730. The van der Waals surface area contributed by atoms with Gasteiger partial charge in [0.15, 0.2) is 16.7 Å². The van der Waals surface area contributed by atoms with Gasteiger partial charge in [0.2, 0.25) is 0 Å². The monoisotopic (exact) mass is 317 g/mol. The Morgan fingerprint density at radius 3 is 2.73 bits per heavy atom. The van der Waals surface area contributed by atoms with Gasteiger partial charge in [0, 0.05) is 18.3 Å². The third kappa shape index (κ3) is 2.71. The Hall–Kier alpha value is -1.92. The quantitative estimate of drug-likeness (QED) is 0.945. The van der Waals surface area contributed by atoms with Crippen molar-refractivity contribution in [3.05, 3.63) is 60.0 Å². The highest BCUT2D eigenvalue weighted by atomic mass is 32.2. The molecule has 2 aromatic rings. The van der Waals surface area contributed by atoms with Crippen molar-refractivity contribution in [3.8, 4) is 0 Å². The van der Waals surface area contributed by atoms with Gasteiger partial charge >= 0.3 is 0 Å². The summed E-state index contributed by atoms with van der Waals surface area (Å²) in [7, 11) is 0. The van der Waals surface area contributed by atoms with Gasteiger partial charge in [0.05, 0.1) is 5.75 Å². The minimum Gasteiger partial charge on any atom is -0.366 e. The molecule has 0 unspecified atom stereocenters. The third-order valence-electron chi connectivity index (χ3n) is 3.56. The summed E-state index contributed by atoms with van der Waals surface area (Å²) < 4.78 is 13.1. The van der Waals surface area contributed by atoms with E-state index in [2.05, 4.69) is 9.98 Å². The van der Waals surface area contributed by atoms with E-state index in [0.29, 0.717) is 28.8 Å². The molecule has 22 heavy (non-hydrogen) atoms. The summed E-state index contributed by atoms with van der Waals surface area (Å²) in [6.45, 7) is 2.54. The zero-order valence-corrected chi connectivity index (χ0v) is 12.9. The van der Waals surface area contributed by atoms with Crippen molar-refractivity contribution in [1.82, 2.24) is 9.88 Å². The average molecular weight is 317 g/mol. The first-order valence-electron chi connectivity index (χ1n) is 7.02. The fourth-order valence-corrected chi connectivity index (χ4v) is 3.69. The van der Waals surface area contributed by atoms with Crippen LogP contribution >= 0.6 is 11.8 Å². The summed E-state index contributed by atoms with van der Waals surface area (Å²) in [5.41, 5.74) is -0.518. The molecule has 6 heteroatoms. The van der Waals surface area contributed by atoms with Crippen LogP contribution in [0.25, 0.3) is 0 Å². The Labute approximate surface area is 132 Å². The molecule has 1 aromatic carbocycles. The third-order valence-corrected chi connectivity index (χ3v) is 4.68. The summed E-state index contributed by atoms with van der Waals surface area (Å²) in [6.07, 6.45) is 1.68. The Kier molecular flexibility index (Phi) is 4.13. The normalized spacial score (nSPS) is 23.2. The molecule has 1 N–H and O–H groups in total. The van der Waals surface area contributed by atoms with Crippen LogP contribution in [0.4, 0.5) is 10.2 Å². The molecule has 1 saturated heterocycles. The van der Waals surface area contributed by atoms with Gasteiger partial charge in [-0.1, -0.05) is 30.0 Å². The number of pyridine rings is 1. The molecule has 114 valence electrons. The van der Waals surface area contributed by atoms with Gasteiger partial charge in [-0.3, -0.25) is 0 Å². The first kappa shape index (κ1) is 15.0. The largest absolute Gasteiger partial charge is 0.366 e. The van der Waals surface area contributed by atoms with E-state index < -0.39 is 5.72 Å². The molecule has 0 amide bonds. The number of hydrogen-bond donors (Lipinski definition) is 1. The smallest absolute Gasteiger partial charge is 0.175 e. The lowest BCUT2D eigenvalue weighted by Crippen LogP contribution is -2.44. The summed E-state index contributed by atoms with van der Waals surface area (Å²) in [5, 5.41) is 11.8. The van der Waals surface area contributed by atoms with Crippen molar-refractivity contribution in [3.63, 3.8) is 0 Å². The second kappa shape index (κ2) is 6.06. The van der Waals surface area contributed by atoms with E-state index in [1.165, 1.54) is 23.9 Å². The highest BCUT2D eigenvalue weighted by Gasteiger charge is 2.44. The van der Waals surface area contributed by atoms with Crippen LogP contribution in [0.2, 0.25) is 0 Å². The Bertz CT molecular complexity index is 678. The number of thioether (sulfide) groups is 1. The van der Waals surface area contributed by atoms with Gasteiger partial charge in [-0.2, -0.15) is 0 Å². The minimum absolute atomic E-state index is 0.316. The minimum atomic E-state index is -1.18. The van der Waals surface area contributed by atoms with Crippen LogP contribution in [0.5, 0.6) is 0 Å². The molecular formula is C16H16FN3OS. The molecule has 0 bridgehead atoms. The molecule has 1 atom stereocenters. The molecule has 0 radical (unpaired) electrons. The van der Waals surface area contributed by atoms with Gasteiger partial charge in [-0.25, -0.2) is 14.4 Å². The summed E-state index contributed by atoms with van der Waals surface area (Å²) in [4.78, 5) is 10.5. The van der Waals surface area contributed by atoms with Crippen molar-refractivity contribution in [2.24, 2.45) is 4.99 Å². The maximum atomic E-state index is 13.1. The molecule has 1 fully saturated rings. The van der Waals surface area contributed by atoms with E-state index in [1.807, 2.05) is 30.0 Å². The maximum Gasteiger partial charge on any atom is 0.175 e. The Morgan fingerprint density at radius 1 is 1.32 bits per heavy atom. The van der Waals surface area contributed by atoms with Crippen LogP contribution in [0.3, 0.4) is 0 Å². The molecule has 0 saturated carbocycles. The van der Waals surface area contributed by atoms with Crippen molar-refractivity contribution < 1.29 is 9.50 Å². The van der Waals surface area contributed by atoms with E-state index in [4.69, 9.17) is 0 Å². The van der Waals surface area contributed by atoms with E-state index in [1.54, 1.807) is 18.3 Å². The number of nitrogens with zero attached hydrogens (tertiary/aromatic N) is 3. The number of hydrogen-bond acceptors (Lipinski definition) is 4. The average Bonchev–Trinajstić information content (AvgIpc) is 2.86. The van der Waals surface area contributed by atoms with Crippen LogP contribution in [0.1, 0.15) is 12.5 Å². The lowest BCUT2D eigenvalue weighted by molar-refractivity contribution is -0.0452. The Morgan fingerprint density at radius 2 is 2.09 bits per heavy atom. The number of aromatic nitrogens is 1. The maximum absolute atomic E-state index is 13.1. The molecule has 1 aliphatic rings. The highest BCUT2D eigenvalue weighted by Crippen LogP contribution is 2.39. The van der Waals surface area contributed by atoms with Crippen LogP contribution in [0.15, 0.2) is 53.7 Å². The predicted octanol–water partition coefficient (Wildman–Crippen LogP) is 3.12. The van der Waals surface area contributed by atoms with E-state index in [0.717, 1.165) is 0 Å². The molecule has 0 aliphatic carbocycles. The summed E-state index contributed by atoms with van der Waals surface area (Å²) in [6, 6.07) is 11.5. The van der Waals surface area contributed by atoms with Crippen molar-refractivity contribution >= 4 is 22.7 Å². The lowest BCUT2D eigenvalue weighted by atomic mass is 10.0. The van der Waals surface area contributed by atoms with Crippen molar-refractivity contribution in [2.75, 3.05) is 12.3 Å². The lowest BCUT2D eigenvalue weighted by Gasteiger charge is -2.33. The standard InChI is InChI=1S/C16H16FN3OS/c1-2-20-15(19-14-5-3-4-10-18-14)22-11-16(20,21)12-6-8-13(17)9-7-12/h3-10,21H,2,11H2,1H3/t16-/m1/s1. The molecule has 3 rings (SSSR count). The number of aliphatic imine (C=N–C) groups is 1. The van der Waals surface area contributed by atoms with Crippen LogP contribution < -0.4 is 0 Å². The first-order chi connectivity index (χ1) is 10.6. The van der Waals surface area contributed by atoms with Crippen LogP contribution in [-0.4, -0.2) is 32.5 Å². The molecule has 1 aliphatic heterocycles. The molecule has 1 aromatic heterocycles. The fraction of sp³-hybridized carbons (Fsp3) is 0.250. The fourth-order valence-electron chi connectivity index (χ4n) is 2.44. The van der Waals surface area contributed by atoms with Gasteiger partial charge in [-0.15, -0.1) is 0 Å². The van der Waals surface area contributed by atoms with Crippen LogP contribution in [0, 0.1) is 5.82 Å². The van der Waals surface area contributed by atoms with Gasteiger partial charge in [0.25, 0.3) is 0 Å². The molecule has 0 spiro atoms. The molecule has 2 heterocycles. The van der Waals surface area contributed by atoms with Gasteiger partial charge in [-0.05, 0) is 31.2 Å². The zero-order valence-electron chi connectivity index (χ0n) is 12.1. The predicted molar refractivity (Wildman–Crippen MR) is 86.5 cm³/mol. The van der Waals surface area contributed by atoms with Gasteiger partial charge in [0.1, 0.15) is 5.82 Å². The van der Waals surface area contributed by atoms with Gasteiger partial charge < -0.3 is 10.0 Å². The molecule has 4 nitrogen and oxygen atoms in total. The number of rotatable bonds is 3. The highest BCUT2D eigenvalue weighted by molar-refractivity contribution is 8.14. The number of halogens is 1. The number of aliphatic hydroxyl groups is 1. The second-order valence-electron chi connectivity index (χ2n) is 4.94. The topological polar surface area (TPSA) is 48.7 Å². The summed E-state index contributed by atoms with van der Waals surface area (Å²) >= 11 is 1.47. The number of benzene rings is 1. The zero-order chi connectivity index (χ0) is 15.6. The SMILES string of the molecule is CCN1C(=Nc2ccccn2)SC[C@@]1(O)c1ccc(F)cc1. The van der Waals surface area contributed by atoms with Crippen LogP contribution in [-0.2, 0) is 5.72 Å². The van der Waals surface area contributed by atoms with Crippen molar-refractivity contribution in [1.29, 1.82) is 0 Å². The first-order valence-corrected chi connectivity index (χ1v) is 8.00. The molecular weight excluding hydrogens is 301 g/mol. The van der Waals surface area contributed by atoms with E-state index in [9.17, 15) is 9.50 Å². The second-order valence-corrected chi connectivity index (χ2v) is 5.88. The van der Waals surface area contributed by atoms with E-state index >= 15 is 0 Å². The number of amidine groups is 1.